The molecule has 1 atom stereocenters. The minimum absolute atomic E-state index is 0.393. The summed E-state index contributed by atoms with van der Waals surface area (Å²) >= 11 is 0. The zero-order valence-electron chi connectivity index (χ0n) is 15.5. The first-order valence-corrected chi connectivity index (χ1v) is 8.43. The summed E-state index contributed by atoms with van der Waals surface area (Å²) in [5, 5.41) is 15.6. The van der Waals surface area contributed by atoms with Crippen LogP contribution in [-0.2, 0) is 9.59 Å². The molecule has 0 heterocycles. The highest BCUT2D eigenvalue weighted by Gasteiger charge is 2.13. The van der Waals surface area contributed by atoms with Crippen molar-refractivity contribution in [1.82, 2.24) is 4.90 Å². The highest BCUT2D eigenvalue weighted by atomic mass is 16.5. The maximum absolute atomic E-state index is 9.55. The van der Waals surface area contributed by atoms with E-state index >= 15 is 0 Å². The van der Waals surface area contributed by atoms with Crippen LogP contribution in [0, 0.1) is 0 Å². The number of benzene rings is 2. The summed E-state index contributed by atoms with van der Waals surface area (Å²) in [5.41, 5.74) is 1.34. The van der Waals surface area contributed by atoms with Crippen LogP contribution in [0.4, 0.5) is 0 Å². The van der Waals surface area contributed by atoms with Crippen molar-refractivity contribution in [2.75, 3.05) is 20.7 Å². The molecule has 0 bridgehead atoms. The zero-order chi connectivity index (χ0) is 20.1. The standard InChI is InChI=1S/C17H21NO.C4H4O4/c1-18(2)17(15-9-5-3-6-10-15)13-14-19-16-11-7-4-8-12-16;5-3(6)1-2-4(7)8/h3-12,17H,13-14H2,1-2H3;1-2H,(H,5,6)(H,7,8). The predicted molar refractivity (Wildman–Crippen MR) is 104 cm³/mol. The van der Waals surface area contributed by atoms with Crippen LogP contribution in [0.5, 0.6) is 5.75 Å². The van der Waals surface area contributed by atoms with Crippen LogP contribution < -0.4 is 4.74 Å². The summed E-state index contributed by atoms with van der Waals surface area (Å²) in [7, 11) is 4.22. The van der Waals surface area contributed by atoms with Crippen molar-refractivity contribution in [2.24, 2.45) is 0 Å². The Balaban J connectivity index is 0.000000387. The van der Waals surface area contributed by atoms with Crippen LogP contribution in [0.15, 0.2) is 72.8 Å². The number of carboxylic acids is 2. The molecule has 144 valence electrons. The molecular weight excluding hydrogens is 346 g/mol. The molecule has 2 rings (SSSR count). The van der Waals surface area contributed by atoms with E-state index in [1.54, 1.807) is 0 Å². The van der Waals surface area contributed by atoms with Crippen molar-refractivity contribution in [3.05, 3.63) is 78.4 Å². The number of carboxylic acid groups (broad SMARTS) is 2. The highest BCUT2D eigenvalue weighted by molar-refractivity contribution is 5.89. The molecule has 0 aliphatic carbocycles. The smallest absolute Gasteiger partial charge is 0.328 e. The van der Waals surface area contributed by atoms with Crippen molar-refractivity contribution >= 4 is 11.9 Å². The van der Waals surface area contributed by atoms with E-state index in [1.807, 2.05) is 30.3 Å². The topological polar surface area (TPSA) is 87.1 Å². The first-order valence-electron chi connectivity index (χ1n) is 8.43. The third-order valence-electron chi connectivity index (χ3n) is 3.58. The van der Waals surface area contributed by atoms with E-state index in [0.29, 0.717) is 18.2 Å². The van der Waals surface area contributed by atoms with Gasteiger partial charge in [0, 0.05) is 24.6 Å². The molecule has 0 fully saturated rings. The molecule has 27 heavy (non-hydrogen) atoms. The predicted octanol–water partition coefficient (Wildman–Crippen LogP) is 3.47. The first-order chi connectivity index (χ1) is 12.9. The van der Waals surface area contributed by atoms with Gasteiger partial charge in [-0.3, -0.25) is 0 Å². The maximum atomic E-state index is 9.55. The molecule has 2 aromatic rings. The average molecular weight is 371 g/mol. The van der Waals surface area contributed by atoms with Gasteiger partial charge in [0.2, 0.25) is 0 Å². The quantitative estimate of drug-likeness (QED) is 0.691. The van der Waals surface area contributed by atoms with E-state index in [1.165, 1.54) is 5.56 Å². The largest absolute Gasteiger partial charge is 0.494 e. The minimum Gasteiger partial charge on any atom is -0.494 e. The Morgan fingerprint density at radius 2 is 1.41 bits per heavy atom. The van der Waals surface area contributed by atoms with Crippen molar-refractivity contribution < 1.29 is 24.5 Å². The number of rotatable bonds is 8. The highest BCUT2D eigenvalue weighted by Crippen LogP contribution is 2.22. The number of nitrogens with zero attached hydrogens (tertiary/aromatic N) is 1. The summed E-state index contributed by atoms with van der Waals surface area (Å²) in [4.78, 5) is 21.3. The van der Waals surface area contributed by atoms with Gasteiger partial charge in [0.15, 0.2) is 0 Å². The number of hydrogen-bond acceptors (Lipinski definition) is 4. The molecule has 0 aliphatic heterocycles. The van der Waals surface area contributed by atoms with Crippen LogP contribution in [-0.4, -0.2) is 47.8 Å². The Labute approximate surface area is 159 Å². The van der Waals surface area contributed by atoms with Gasteiger partial charge in [-0.05, 0) is 31.8 Å². The lowest BCUT2D eigenvalue weighted by Crippen LogP contribution is -2.22. The Bertz CT molecular complexity index is 698. The Morgan fingerprint density at radius 3 is 1.85 bits per heavy atom. The number of ether oxygens (including phenoxy) is 1. The second kappa shape index (κ2) is 12.3. The van der Waals surface area contributed by atoms with Crippen molar-refractivity contribution in [3.8, 4) is 5.75 Å². The van der Waals surface area contributed by atoms with Crippen LogP contribution >= 0.6 is 0 Å². The fourth-order valence-electron chi connectivity index (χ4n) is 2.35. The van der Waals surface area contributed by atoms with Crippen LogP contribution in [0.2, 0.25) is 0 Å². The van der Waals surface area contributed by atoms with E-state index in [4.69, 9.17) is 14.9 Å². The first kappa shape index (κ1) is 21.9. The summed E-state index contributed by atoms with van der Waals surface area (Å²) in [6, 6.07) is 20.9. The normalized spacial score (nSPS) is 11.5. The molecule has 6 heteroatoms. The molecule has 0 aromatic heterocycles. The van der Waals surface area contributed by atoms with Gasteiger partial charge >= 0.3 is 11.9 Å². The van der Waals surface area contributed by atoms with E-state index in [-0.39, 0.29) is 0 Å². The molecule has 0 aliphatic rings. The average Bonchev–Trinajstić information content (AvgIpc) is 2.65. The summed E-state index contributed by atoms with van der Waals surface area (Å²) in [5.74, 6) is -1.58. The summed E-state index contributed by atoms with van der Waals surface area (Å²) in [6.07, 6.45) is 2.09. The fraction of sp³-hybridized carbons (Fsp3) is 0.238. The molecule has 0 saturated heterocycles. The van der Waals surface area contributed by atoms with Gasteiger partial charge in [-0.25, -0.2) is 9.59 Å². The number of hydrogen-bond donors (Lipinski definition) is 2. The second-order valence-corrected chi connectivity index (χ2v) is 5.85. The molecule has 0 saturated carbocycles. The SMILES string of the molecule is CN(C)C(CCOc1ccccc1)c1ccccc1.O=C(O)C=CC(=O)O. The number of aliphatic carboxylic acids is 2. The number of para-hydroxylation sites is 1. The zero-order valence-corrected chi connectivity index (χ0v) is 15.5. The second-order valence-electron chi connectivity index (χ2n) is 5.85. The van der Waals surface area contributed by atoms with Gasteiger partial charge in [0.05, 0.1) is 6.61 Å². The number of carbonyl (C=O) groups is 2. The van der Waals surface area contributed by atoms with Crippen molar-refractivity contribution in [3.63, 3.8) is 0 Å². The molecule has 2 N–H and O–H groups in total. The van der Waals surface area contributed by atoms with Crippen LogP contribution in [0.3, 0.4) is 0 Å². The van der Waals surface area contributed by atoms with E-state index in [0.717, 1.165) is 18.8 Å². The third-order valence-corrected chi connectivity index (χ3v) is 3.58. The fourth-order valence-corrected chi connectivity index (χ4v) is 2.35. The van der Waals surface area contributed by atoms with Gasteiger partial charge in [-0.2, -0.15) is 0 Å². The maximum Gasteiger partial charge on any atom is 0.328 e. The van der Waals surface area contributed by atoms with Gasteiger partial charge < -0.3 is 19.8 Å². The van der Waals surface area contributed by atoms with Crippen molar-refractivity contribution in [2.45, 2.75) is 12.5 Å². The molecule has 6 nitrogen and oxygen atoms in total. The van der Waals surface area contributed by atoms with Gasteiger partial charge in [0.1, 0.15) is 5.75 Å². The molecule has 1 unspecified atom stereocenters. The molecular formula is C21H25NO5. The van der Waals surface area contributed by atoms with Gasteiger partial charge in [0.25, 0.3) is 0 Å². The van der Waals surface area contributed by atoms with Crippen LogP contribution in [0.1, 0.15) is 18.0 Å². The lowest BCUT2D eigenvalue weighted by Gasteiger charge is -2.24. The van der Waals surface area contributed by atoms with Gasteiger partial charge in [-0.1, -0.05) is 48.5 Å². The summed E-state index contributed by atoms with van der Waals surface area (Å²) in [6.45, 7) is 0.724. The van der Waals surface area contributed by atoms with Crippen LogP contribution in [0.25, 0.3) is 0 Å². The Morgan fingerprint density at radius 1 is 0.926 bits per heavy atom. The molecule has 0 amide bonds. The molecule has 2 aromatic carbocycles. The monoisotopic (exact) mass is 371 g/mol. The van der Waals surface area contributed by atoms with E-state index in [9.17, 15) is 9.59 Å². The lowest BCUT2D eigenvalue weighted by atomic mass is 10.0. The summed E-state index contributed by atoms with van der Waals surface area (Å²) < 4.78 is 5.78. The Kier molecular flexibility index (Phi) is 9.96. The third kappa shape index (κ3) is 9.81. The Hall–Kier alpha value is -3.12. The molecule has 0 radical (unpaired) electrons. The molecule has 0 spiro atoms. The van der Waals surface area contributed by atoms with E-state index in [2.05, 4.69) is 49.3 Å². The lowest BCUT2D eigenvalue weighted by molar-refractivity contribution is -0.134. The van der Waals surface area contributed by atoms with Gasteiger partial charge in [-0.15, -0.1) is 0 Å². The van der Waals surface area contributed by atoms with Crippen molar-refractivity contribution in [1.29, 1.82) is 0 Å². The minimum atomic E-state index is -1.26. The van der Waals surface area contributed by atoms with E-state index < -0.39 is 11.9 Å².